The number of thiophene rings is 1. The Morgan fingerprint density at radius 1 is 1.53 bits per heavy atom. The quantitative estimate of drug-likeness (QED) is 0.684. The number of rotatable bonds is 4. The van der Waals surface area contributed by atoms with Crippen molar-refractivity contribution in [3.8, 4) is 0 Å². The minimum absolute atomic E-state index is 0.167. The summed E-state index contributed by atoms with van der Waals surface area (Å²) in [5.41, 5.74) is 1.51. The van der Waals surface area contributed by atoms with E-state index in [1.165, 1.54) is 16.8 Å². The maximum atomic E-state index is 10.9. The third-order valence-corrected chi connectivity index (χ3v) is 3.66. The number of hydrogen-bond donors (Lipinski definition) is 1. The Morgan fingerprint density at radius 2 is 2.35 bits per heavy atom. The van der Waals surface area contributed by atoms with Gasteiger partial charge in [-0.05, 0) is 23.9 Å². The van der Waals surface area contributed by atoms with Crippen molar-refractivity contribution in [1.82, 2.24) is 9.97 Å². The fourth-order valence-corrected chi connectivity index (χ4v) is 2.39. The lowest BCUT2D eigenvalue weighted by atomic mass is 10.3. The predicted octanol–water partition coefficient (Wildman–Crippen LogP) is 2.92. The van der Waals surface area contributed by atoms with Crippen LogP contribution in [0.1, 0.15) is 20.8 Å². The lowest BCUT2D eigenvalue weighted by Gasteiger charge is -2.07. The molecule has 0 saturated heterocycles. The van der Waals surface area contributed by atoms with Gasteiger partial charge in [0, 0.05) is 4.88 Å². The zero-order chi connectivity index (χ0) is 12.3. The predicted molar refractivity (Wildman–Crippen MR) is 68.8 cm³/mol. The summed E-state index contributed by atoms with van der Waals surface area (Å²) in [7, 11) is 0. The molecule has 4 nitrogen and oxygen atoms in total. The van der Waals surface area contributed by atoms with Gasteiger partial charge < -0.3 is 5.32 Å². The van der Waals surface area contributed by atoms with Gasteiger partial charge in [-0.3, -0.25) is 4.79 Å². The molecule has 0 aromatic carbocycles. The molecule has 1 N–H and O–H groups in total. The Labute approximate surface area is 108 Å². The van der Waals surface area contributed by atoms with Crippen molar-refractivity contribution in [2.45, 2.75) is 13.5 Å². The van der Waals surface area contributed by atoms with Crippen LogP contribution in [-0.2, 0) is 6.54 Å². The van der Waals surface area contributed by atoms with Gasteiger partial charge in [0.25, 0.3) is 0 Å². The van der Waals surface area contributed by atoms with Crippen molar-refractivity contribution < 1.29 is 4.79 Å². The Bertz CT molecular complexity index is 541. The molecule has 0 unspecified atom stereocenters. The normalized spacial score (nSPS) is 10.2. The molecule has 17 heavy (non-hydrogen) atoms. The van der Waals surface area contributed by atoms with Gasteiger partial charge in [-0.1, -0.05) is 11.6 Å². The second kappa shape index (κ2) is 5.25. The SMILES string of the molecule is Cc1ccsc1CNc1ncnc(Cl)c1C=O. The first-order valence-corrected chi connectivity index (χ1v) is 6.20. The van der Waals surface area contributed by atoms with E-state index in [0.29, 0.717) is 24.2 Å². The number of anilines is 1. The average Bonchev–Trinajstić information content (AvgIpc) is 2.72. The molecule has 6 heteroatoms. The van der Waals surface area contributed by atoms with Crippen molar-refractivity contribution in [3.05, 3.63) is 38.9 Å². The largest absolute Gasteiger partial charge is 0.364 e. The zero-order valence-electron chi connectivity index (χ0n) is 9.11. The summed E-state index contributed by atoms with van der Waals surface area (Å²) in [6, 6.07) is 2.05. The van der Waals surface area contributed by atoms with E-state index < -0.39 is 0 Å². The fourth-order valence-electron chi connectivity index (χ4n) is 1.37. The van der Waals surface area contributed by atoms with Crippen LogP contribution in [0.2, 0.25) is 5.15 Å². The molecule has 0 saturated carbocycles. The molecule has 2 aromatic rings. The molecule has 0 aliphatic rings. The molecule has 2 heterocycles. The highest BCUT2D eigenvalue weighted by molar-refractivity contribution is 7.10. The molecule has 0 bridgehead atoms. The number of nitrogens with one attached hydrogen (secondary N) is 1. The van der Waals surface area contributed by atoms with Gasteiger partial charge in [0.2, 0.25) is 0 Å². The Kier molecular flexibility index (Phi) is 3.71. The Morgan fingerprint density at radius 3 is 3.00 bits per heavy atom. The second-order valence-electron chi connectivity index (χ2n) is 3.42. The van der Waals surface area contributed by atoms with E-state index in [4.69, 9.17) is 11.6 Å². The van der Waals surface area contributed by atoms with Crippen LogP contribution in [0.3, 0.4) is 0 Å². The summed E-state index contributed by atoms with van der Waals surface area (Å²) in [6.45, 7) is 2.67. The van der Waals surface area contributed by atoms with E-state index in [0.717, 1.165) is 0 Å². The molecular formula is C11H10ClN3OS. The number of aryl methyl sites for hydroxylation is 1. The first kappa shape index (κ1) is 12.0. The van der Waals surface area contributed by atoms with Crippen molar-refractivity contribution >= 4 is 35.0 Å². The number of aromatic nitrogens is 2. The highest BCUT2D eigenvalue weighted by Crippen LogP contribution is 2.20. The Balaban J connectivity index is 2.17. The summed E-state index contributed by atoms with van der Waals surface area (Å²) < 4.78 is 0. The van der Waals surface area contributed by atoms with Crippen LogP contribution in [0.25, 0.3) is 0 Å². The zero-order valence-corrected chi connectivity index (χ0v) is 10.7. The lowest BCUT2D eigenvalue weighted by molar-refractivity contribution is 0.112. The monoisotopic (exact) mass is 267 g/mol. The summed E-state index contributed by atoms with van der Waals surface area (Å²) in [5.74, 6) is 0.466. The van der Waals surface area contributed by atoms with E-state index in [9.17, 15) is 4.79 Å². The summed E-state index contributed by atoms with van der Waals surface area (Å²) in [5, 5.41) is 5.29. The van der Waals surface area contributed by atoms with E-state index in [-0.39, 0.29) is 5.15 Å². The molecule has 2 aromatic heterocycles. The average molecular weight is 268 g/mol. The van der Waals surface area contributed by atoms with E-state index in [1.807, 2.05) is 12.3 Å². The molecule has 0 aliphatic heterocycles. The molecule has 2 rings (SSSR count). The third kappa shape index (κ3) is 2.62. The van der Waals surface area contributed by atoms with Gasteiger partial charge in [-0.25, -0.2) is 9.97 Å². The van der Waals surface area contributed by atoms with Gasteiger partial charge in [0.1, 0.15) is 17.3 Å². The van der Waals surface area contributed by atoms with Crippen molar-refractivity contribution in [2.24, 2.45) is 0 Å². The molecule has 0 fully saturated rings. The second-order valence-corrected chi connectivity index (χ2v) is 4.78. The summed E-state index contributed by atoms with van der Waals surface area (Å²) in [4.78, 5) is 19.8. The topological polar surface area (TPSA) is 54.9 Å². The fraction of sp³-hybridized carbons (Fsp3) is 0.182. The van der Waals surface area contributed by atoms with Crippen LogP contribution in [-0.4, -0.2) is 16.3 Å². The summed E-state index contributed by atoms with van der Waals surface area (Å²) in [6.07, 6.45) is 1.99. The molecule has 0 amide bonds. The first-order chi connectivity index (χ1) is 8.22. The van der Waals surface area contributed by atoms with Crippen molar-refractivity contribution in [3.63, 3.8) is 0 Å². The lowest BCUT2D eigenvalue weighted by Crippen LogP contribution is -2.05. The molecule has 0 radical (unpaired) electrons. The summed E-state index contributed by atoms with van der Waals surface area (Å²) >= 11 is 7.46. The standard InChI is InChI=1S/C11H10ClN3OS/c1-7-2-3-17-9(7)4-13-11-8(5-16)10(12)14-6-15-11/h2-3,5-6H,4H2,1H3,(H,13,14,15). The first-order valence-electron chi connectivity index (χ1n) is 4.95. The van der Waals surface area contributed by atoms with E-state index >= 15 is 0 Å². The van der Waals surface area contributed by atoms with Crippen molar-refractivity contribution in [2.75, 3.05) is 5.32 Å². The molecule has 0 atom stereocenters. The number of carbonyl (C=O) groups excluding carboxylic acids is 1. The number of carbonyl (C=O) groups is 1. The number of aldehydes is 1. The van der Waals surface area contributed by atoms with Gasteiger partial charge in [-0.2, -0.15) is 0 Å². The van der Waals surface area contributed by atoms with Crippen LogP contribution in [0.5, 0.6) is 0 Å². The van der Waals surface area contributed by atoms with Gasteiger partial charge in [-0.15, -0.1) is 11.3 Å². The minimum Gasteiger partial charge on any atom is -0.364 e. The minimum atomic E-state index is 0.167. The van der Waals surface area contributed by atoms with Crippen LogP contribution in [0, 0.1) is 6.92 Å². The van der Waals surface area contributed by atoms with Gasteiger partial charge in [0.05, 0.1) is 12.1 Å². The van der Waals surface area contributed by atoms with Crippen LogP contribution in [0.15, 0.2) is 17.8 Å². The van der Waals surface area contributed by atoms with Crippen molar-refractivity contribution in [1.29, 1.82) is 0 Å². The Hall–Kier alpha value is -1.46. The van der Waals surface area contributed by atoms with Crippen LogP contribution in [0.4, 0.5) is 5.82 Å². The van der Waals surface area contributed by atoms with Gasteiger partial charge >= 0.3 is 0 Å². The molecule has 0 aliphatic carbocycles. The van der Waals surface area contributed by atoms with E-state index in [1.54, 1.807) is 11.3 Å². The number of nitrogens with zero attached hydrogens (tertiary/aromatic N) is 2. The molecule has 88 valence electrons. The number of halogens is 1. The van der Waals surface area contributed by atoms with Crippen LogP contribution >= 0.6 is 22.9 Å². The maximum absolute atomic E-state index is 10.9. The maximum Gasteiger partial charge on any atom is 0.156 e. The van der Waals surface area contributed by atoms with Crippen LogP contribution < -0.4 is 5.32 Å². The molecular weight excluding hydrogens is 258 g/mol. The highest BCUT2D eigenvalue weighted by atomic mass is 35.5. The smallest absolute Gasteiger partial charge is 0.156 e. The third-order valence-electron chi connectivity index (χ3n) is 2.34. The highest BCUT2D eigenvalue weighted by Gasteiger charge is 2.09. The number of hydrogen-bond acceptors (Lipinski definition) is 5. The van der Waals surface area contributed by atoms with E-state index in [2.05, 4.69) is 21.4 Å². The van der Waals surface area contributed by atoms with Gasteiger partial charge in [0.15, 0.2) is 6.29 Å². The molecule has 0 spiro atoms.